The molecule has 2 aromatic rings. The van der Waals surface area contributed by atoms with E-state index in [-0.39, 0.29) is 0 Å². The van der Waals surface area contributed by atoms with E-state index in [1.165, 1.54) is 0 Å². The van der Waals surface area contributed by atoms with E-state index in [0.29, 0.717) is 22.7 Å². The fraction of sp³-hybridized carbons (Fsp3) is 0.333. The minimum absolute atomic E-state index is 0.422. The number of hydrogen-bond donors (Lipinski definition) is 0. The van der Waals surface area contributed by atoms with Crippen LogP contribution in [0, 0.1) is 6.92 Å². The molecule has 0 bridgehead atoms. The zero-order valence-electron chi connectivity index (χ0n) is 9.69. The summed E-state index contributed by atoms with van der Waals surface area (Å²) >= 11 is 9.56. The molecule has 0 aromatic carbocycles. The third-order valence-electron chi connectivity index (χ3n) is 2.78. The number of aryl methyl sites for hydroxylation is 1. The lowest BCUT2D eigenvalue weighted by Crippen LogP contribution is -2.00. The second kappa shape index (κ2) is 4.55. The zero-order chi connectivity index (χ0) is 12.7. The highest BCUT2D eigenvalue weighted by atomic mass is 79.9. The van der Waals surface area contributed by atoms with Crippen LogP contribution in [0.5, 0.6) is 0 Å². The van der Waals surface area contributed by atoms with Crippen LogP contribution in [0.3, 0.4) is 0 Å². The van der Waals surface area contributed by atoms with Gasteiger partial charge >= 0.3 is 0 Å². The Morgan fingerprint density at radius 3 is 2.44 bits per heavy atom. The van der Waals surface area contributed by atoms with Crippen LogP contribution in [0.4, 0.5) is 0 Å². The highest BCUT2D eigenvalue weighted by Crippen LogP contribution is 2.44. The lowest BCUT2D eigenvalue weighted by atomic mass is 10.3. The predicted molar refractivity (Wildman–Crippen MR) is 72.5 cm³/mol. The molecular formula is C12H10BrClN4. The Morgan fingerprint density at radius 1 is 1.17 bits per heavy atom. The largest absolute Gasteiger partial charge is 0.234 e. The minimum Gasteiger partial charge on any atom is -0.234 e. The van der Waals surface area contributed by atoms with Crippen molar-refractivity contribution in [3.8, 4) is 11.6 Å². The van der Waals surface area contributed by atoms with Crippen molar-refractivity contribution in [2.45, 2.75) is 25.7 Å². The van der Waals surface area contributed by atoms with Crippen LogP contribution in [-0.4, -0.2) is 19.9 Å². The molecule has 6 heteroatoms. The molecule has 1 fully saturated rings. The van der Waals surface area contributed by atoms with Gasteiger partial charge in [-0.2, -0.15) is 0 Å². The van der Waals surface area contributed by atoms with Gasteiger partial charge in [-0.1, -0.05) is 11.6 Å². The molecule has 0 unspecified atom stereocenters. The summed E-state index contributed by atoms with van der Waals surface area (Å²) in [7, 11) is 0. The summed E-state index contributed by atoms with van der Waals surface area (Å²) in [5.74, 6) is 1.49. The van der Waals surface area contributed by atoms with Crippen molar-refractivity contribution in [3.05, 3.63) is 33.3 Å². The molecule has 0 amide bonds. The first-order valence-electron chi connectivity index (χ1n) is 5.67. The van der Waals surface area contributed by atoms with E-state index < -0.39 is 0 Å². The van der Waals surface area contributed by atoms with Crippen LogP contribution in [0.25, 0.3) is 11.6 Å². The number of aromatic nitrogens is 4. The second-order valence-electron chi connectivity index (χ2n) is 4.40. The van der Waals surface area contributed by atoms with Gasteiger partial charge in [0.05, 0.1) is 10.2 Å². The molecule has 1 saturated carbocycles. The quantitative estimate of drug-likeness (QED) is 0.793. The second-order valence-corrected chi connectivity index (χ2v) is 5.55. The summed E-state index contributed by atoms with van der Waals surface area (Å²) in [4.78, 5) is 17.2. The van der Waals surface area contributed by atoms with Crippen molar-refractivity contribution >= 4 is 27.5 Å². The van der Waals surface area contributed by atoms with Crippen molar-refractivity contribution in [3.63, 3.8) is 0 Å². The summed E-state index contributed by atoms with van der Waals surface area (Å²) < 4.78 is 0.794. The first-order chi connectivity index (χ1) is 8.65. The van der Waals surface area contributed by atoms with Gasteiger partial charge in [0.15, 0.2) is 11.6 Å². The molecule has 2 aromatic heterocycles. The van der Waals surface area contributed by atoms with Gasteiger partial charge in [-0.3, -0.25) is 0 Å². The fourth-order valence-electron chi connectivity index (χ4n) is 1.67. The van der Waals surface area contributed by atoms with Crippen LogP contribution in [0.15, 0.2) is 16.9 Å². The molecule has 0 atom stereocenters. The number of halogens is 2. The lowest BCUT2D eigenvalue weighted by Gasteiger charge is -2.06. The Hall–Kier alpha value is -1.07. The summed E-state index contributed by atoms with van der Waals surface area (Å²) in [6.07, 6.45) is 5.80. The summed E-state index contributed by atoms with van der Waals surface area (Å²) in [5.41, 5.74) is 1.97. The highest BCUT2D eigenvalue weighted by molar-refractivity contribution is 9.10. The van der Waals surface area contributed by atoms with E-state index >= 15 is 0 Å². The van der Waals surface area contributed by atoms with Crippen molar-refractivity contribution in [1.29, 1.82) is 0 Å². The predicted octanol–water partition coefficient (Wildman–Crippen LogP) is 3.54. The number of rotatable bonds is 2. The molecule has 3 rings (SSSR count). The number of hydrogen-bond acceptors (Lipinski definition) is 4. The van der Waals surface area contributed by atoms with Gasteiger partial charge in [0.25, 0.3) is 0 Å². The van der Waals surface area contributed by atoms with E-state index in [2.05, 4.69) is 35.9 Å². The summed E-state index contributed by atoms with van der Waals surface area (Å²) in [5, 5.41) is 0.422. The Bertz CT molecular complexity index is 596. The van der Waals surface area contributed by atoms with Crippen molar-refractivity contribution in [2.75, 3.05) is 0 Å². The molecule has 1 aliphatic rings. The maximum absolute atomic E-state index is 6.12. The Kier molecular flexibility index (Phi) is 3.03. The molecule has 0 spiro atoms. The van der Waals surface area contributed by atoms with Crippen LogP contribution in [-0.2, 0) is 0 Å². The third kappa shape index (κ3) is 2.24. The Balaban J connectivity index is 2.09. The van der Waals surface area contributed by atoms with Gasteiger partial charge in [0.2, 0.25) is 0 Å². The molecule has 2 heterocycles. The Morgan fingerprint density at radius 2 is 1.83 bits per heavy atom. The lowest BCUT2D eigenvalue weighted by molar-refractivity contribution is 0.960. The smallest absolute Gasteiger partial charge is 0.199 e. The normalized spacial score (nSPS) is 14.8. The maximum Gasteiger partial charge on any atom is 0.199 e. The monoisotopic (exact) mass is 324 g/mol. The molecule has 0 radical (unpaired) electrons. The van der Waals surface area contributed by atoms with Gasteiger partial charge in [0, 0.05) is 18.3 Å². The summed E-state index contributed by atoms with van der Waals surface area (Å²) in [6.45, 7) is 1.94. The molecule has 4 nitrogen and oxygen atoms in total. The van der Waals surface area contributed by atoms with E-state index in [1.807, 2.05) is 6.92 Å². The molecule has 0 saturated heterocycles. The average Bonchev–Trinajstić information content (AvgIpc) is 3.18. The van der Waals surface area contributed by atoms with Crippen molar-refractivity contribution in [2.24, 2.45) is 0 Å². The average molecular weight is 326 g/mol. The standard InChI is InChI=1S/C12H10BrClN4/c1-6-4-15-11(16-5-6)12-17-9(7-2-3-7)8(13)10(14)18-12/h4-5,7H,2-3H2,1H3. The maximum atomic E-state index is 6.12. The molecule has 1 aliphatic carbocycles. The third-order valence-corrected chi connectivity index (χ3v) is 4.06. The Labute approximate surface area is 118 Å². The van der Waals surface area contributed by atoms with Gasteiger partial charge in [-0.05, 0) is 41.3 Å². The van der Waals surface area contributed by atoms with E-state index in [0.717, 1.165) is 28.6 Å². The first kappa shape index (κ1) is 12.0. The fourth-order valence-corrected chi connectivity index (χ4v) is 2.35. The van der Waals surface area contributed by atoms with Gasteiger partial charge < -0.3 is 0 Å². The first-order valence-corrected chi connectivity index (χ1v) is 6.84. The van der Waals surface area contributed by atoms with E-state index in [4.69, 9.17) is 11.6 Å². The van der Waals surface area contributed by atoms with E-state index in [9.17, 15) is 0 Å². The topological polar surface area (TPSA) is 51.6 Å². The van der Waals surface area contributed by atoms with Crippen LogP contribution in [0.2, 0.25) is 5.15 Å². The molecular weight excluding hydrogens is 316 g/mol. The summed E-state index contributed by atoms with van der Waals surface area (Å²) in [6, 6.07) is 0. The molecule has 0 N–H and O–H groups in total. The van der Waals surface area contributed by atoms with Crippen molar-refractivity contribution < 1.29 is 0 Å². The number of nitrogens with zero attached hydrogens (tertiary/aromatic N) is 4. The van der Waals surface area contributed by atoms with Crippen LogP contribution in [0.1, 0.15) is 30.0 Å². The van der Waals surface area contributed by atoms with Crippen LogP contribution >= 0.6 is 27.5 Å². The van der Waals surface area contributed by atoms with Crippen LogP contribution < -0.4 is 0 Å². The SMILES string of the molecule is Cc1cnc(-c2nc(Cl)c(Br)c(C3CC3)n2)nc1. The molecule has 18 heavy (non-hydrogen) atoms. The van der Waals surface area contributed by atoms with Crippen molar-refractivity contribution in [1.82, 2.24) is 19.9 Å². The highest BCUT2D eigenvalue weighted by Gasteiger charge is 2.29. The van der Waals surface area contributed by atoms with Gasteiger partial charge in [0.1, 0.15) is 5.15 Å². The van der Waals surface area contributed by atoms with Gasteiger partial charge in [-0.25, -0.2) is 19.9 Å². The molecule has 0 aliphatic heterocycles. The minimum atomic E-state index is 0.422. The molecule has 92 valence electrons. The zero-order valence-corrected chi connectivity index (χ0v) is 12.0. The van der Waals surface area contributed by atoms with E-state index in [1.54, 1.807) is 12.4 Å². The van der Waals surface area contributed by atoms with Gasteiger partial charge in [-0.15, -0.1) is 0 Å².